The molecule has 0 N–H and O–H groups in total. The topological polar surface area (TPSA) is 43.4 Å². The molecule has 0 unspecified atom stereocenters. The van der Waals surface area contributed by atoms with Gasteiger partial charge in [-0.3, -0.25) is 0 Å². The van der Waals surface area contributed by atoms with E-state index in [1.54, 1.807) is 0 Å². The molecule has 0 saturated heterocycles. The molecule has 1 aromatic rings. The Balaban J connectivity index is 2.53. The van der Waals surface area contributed by atoms with Crippen LogP contribution >= 0.6 is 0 Å². The normalized spacial score (nSPS) is 15.5. The first-order chi connectivity index (χ1) is 7.88. The molecule has 94 valence electrons. The van der Waals surface area contributed by atoms with Crippen LogP contribution in [0.2, 0.25) is 0 Å². The van der Waals surface area contributed by atoms with Gasteiger partial charge in [-0.2, -0.15) is 8.42 Å². The van der Waals surface area contributed by atoms with E-state index in [1.165, 1.54) is 0 Å². The van der Waals surface area contributed by atoms with Gasteiger partial charge in [0.05, 0.1) is 6.26 Å². The molecule has 1 aliphatic carbocycles. The molecule has 0 fully saturated rings. The summed E-state index contributed by atoms with van der Waals surface area (Å²) < 4.78 is 53.6. The highest BCUT2D eigenvalue weighted by Gasteiger charge is 2.23. The molecule has 0 atom stereocenters. The molecule has 1 aliphatic rings. The minimum Gasteiger partial charge on any atom is -0.376 e. The quantitative estimate of drug-likeness (QED) is 0.767. The Hall–Kier alpha value is -1.17. The fourth-order valence-corrected chi connectivity index (χ4v) is 2.48. The van der Waals surface area contributed by atoms with Gasteiger partial charge in [0.15, 0.2) is 11.6 Å². The Bertz CT molecular complexity index is 552. The zero-order valence-corrected chi connectivity index (χ0v) is 10.1. The average Bonchev–Trinajstić information content (AvgIpc) is 2.23. The monoisotopic (exact) mass is 262 g/mol. The lowest BCUT2D eigenvalue weighted by atomic mass is 9.91. The van der Waals surface area contributed by atoms with E-state index in [4.69, 9.17) is 0 Å². The van der Waals surface area contributed by atoms with Crippen molar-refractivity contribution in [2.75, 3.05) is 6.26 Å². The van der Waals surface area contributed by atoms with E-state index in [0.717, 1.165) is 25.2 Å². The summed E-state index contributed by atoms with van der Waals surface area (Å²) in [6, 6.07) is 1.16. The molecule has 0 radical (unpaired) electrons. The summed E-state index contributed by atoms with van der Waals surface area (Å²) in [4.78, 5) is 0. The molecule has 3 nitrogen and oxygen atoms in total. The Morgan fingerprint density at radius 1 is 1.24 bits per heavy atom. The van der Waals surface area contributed by atoms with E-state index < -0.39 is 27.5 Å². The lowest BCUT2D eigenvalue weighted by molar-refractivity contribution is 0.430. The Morgan fingerprint density at radius 3 is 2.53 bits per heavy atom. The van der Waals surface area contributed by atoms with Crippen molar-refractivity contribution in [2.45, 2.75) is 25.7 Å². The van der Waals surface area contributed by atoms with Crippen molar-refractivity contribution in [3.63, 3.8) is 0 Å². The van der Waals surface area contributed by atoms with Crippen LogP contribution in [-0.2, 0) is 23.0 Å². The molecule has 0 spiro atoms. The molecule has 1 aromatic carbocycles. The number of benzene rings is 1. The summed E-state index contributed by atoms with van der Waals surface area (Å²) in [7, 11) is -3.93. The molecule has 17 heavy (non-hydrogen) atoms. The number of aryl methyl sites for hydroxylation is 1. The molecular weight excluding hydrogens is 250 g/mol. The maximum Gasteiger partial charge on any atom is 0.306 e. The van der Waals surface area contributed by atoms with Crippen molar-refractivity contribution in [1.29, 1.82) is 0 Å². The van der Waals surface area contributed by atoms with Gasteiger partial charge >= 0.3 is 10.1 Å². The third kappa shape index (κ3) is 2.57. The van der Waals surface area contributed by atoms with Gasteiger partial charge in [0.25, 0.3) is 0 Å². The molecule has 6 heteroatoms. The summed E-state index contributed by atoms with van der Waals surface area (Å²) in [6.07, 6.45) is 3.56. The fraction of sp³-hybridized carbons (Fsp3) is 0.455. The lowest BCUT2D eigenvalue weighted by Crippen LogP contribution is -2.13. The molecule has 0 heterocycles. The van der Waals surface area contributed by atoms with Crippen molar-refractivity contribution in [2.24, 2.45) is 0 Å². The fourth-order valence-electron chi connectivity index (χ4n) is 2.03. The average molecular weight is 262 g/mol. The predicted molar refractivity (Wildman–Crippen MR) is 58.5 cm³/mol. The number of fused-ring (bicyclic) bond motifs is 1. The van der Waals surface area contributed by atoms with Crippen LogP contribution in [0.15, 0.2) is 6.07 Å². The van der Waals surface area contributed by atoms with Crippen LogP contribution in [0.3, 0.4) is 0 Å². The number of hydrogen-bond donors (Lipinski definition) is 0. The maximum atomic E-state index is 13.9. The number of rotatable bonds is 2. The molecule has 0 aliphatic heterocycles. The summed E-state index contributed by atoms with van der Waals surface area (Å²) in [6.45, 7) is 0. The smallest absolute Gasteiger partial charge is 0.306 e. The molecule has 0 bridgehead atoms. The van der Waals surface area contributed by atoms with E-state index in [1.807, 2.05) is 0 Å². The van der Waals surface area contributed by atoms with Gasteiger partial charge in [0.1, 0.15) is 0 Å². The Labute approximate surface area is 98.5 Å². The van der Waals surface area contributed by atoms with Gasteiger partial charge in [-0.25, -0.2) is 8.78 Å². The second-order valence-electron chi connectivity index (χ2n) is 4.13. The first kappa shape index (κ1) is 12.3. The maximum absolute atomic E-state index is 13.9. The van der Waals surface area contributed by atoms with Gasteiger partial charge < -0.3 is 4.18 Å². The summed E-state index contributed by atoms with van der Waals surface area (Å²) >= 11 is 0. The predicted octanol–water partition coefficient (Wildman–Crippen LogP) is 2.18. The van der Waals surface area contributed by atoms with Crippen LogP contribution in [0, 0.1) is 11.6 Å². The van der Waals surface area contributed by atoms with Crippen molar-refractivity contribution in [3.05, 3.63) is 28.8 Å². The van der Waals surface area contributed by atoms with E-state index in [2.05, 4.69) is 4.18 Å². The highest BCUT2D eigenvalue weighted by molar-refractivity contribution is 7.86. The summed E-state index contributed by atoms with van der Waals surface area (Å²) in [5.41, 5.74) is 0.975. The molecule has 0 aromatic heterocycles. The standard InChI is InChI=1S/C11H12F2O3S/c1-17(14,15)16-11-9(12)6-7-4-2-3-5-8(7)10(11)13/h6H,2-5H2,1H3. The minimum atomic E-state index is -3.93. The highest BCUT2D eigenvalue weighted by Crippen LogP contribution is 2.32. The number of halogens is 2. The third-order valence-electron chi connectivity index (χ3n) is 2.73. The second kappa shape index (κ2) is 4.25. The zero-order chi connectivity index (χ0) is 12.6. The van der Waals surface area contributed by atoms with E-state index >= 15 is 0 Å². The molecule has 0 saturated carbocycles. The largest absolute Gasteiger partial charge is 0.376 e. The van der Waals surface area contributed by atoms with Crippen molar-refractivity contribution in [3.8, 4) is 5.75 Å². The minimum absolute atomic E-state index is 0.372. The van der Waals surface area contributed by atoms with Crippen molar-refractivity contribution in [1.82, 2.24) is 0 Å². The first-order valence-electron chi connectivity index (χ1n) is 5.27. The zero-order valence-electron chi connectivity index (χ0n) is 9.29. The van der Waals surface area contributed by atoms with Gasteiger partial charge in [-0.1, -0.05) is 0 Å². The molecule has 0 amide bonds. The highest BCUT2D eigenvalue weighted by atomic mass is 32.2. The van der Waals surface area contributed by atoms with Gasteiger partial charge in [0.2, 0.25) is 5.75 Å². The van der Waals surface area contributed by atoms with Gasteiger partial charge in [0, 0.05) is 0 Å². The SMILES string of the molecule is CS(=O)(=O)Oc1c(F)cc2c(c1F)CCCC2. The Kier molecular flexibility index (Phi) is 3.07. The Morgan fingerprint density at radius 2 is 1.88 bits per heavy atom. The number of hydrogen-bond acceptors (Lipinski definition) is 3. The van der Waals surface area contributed by atoms with E-state index in [0.29, 0.717) is 24.0 Å². The van der Waals surface area contributed by atoms with E-state index in [-0.39, 0.29) is 0 Å². The van der Waals surface area contributed by atoms with Crippen LogP contribution < -0.4 is 4.18 Å². The van der Waals surface area contributed by atoms with E-state index in [9.17, 15) is 17.2 Å². The van der Waals surface area contributed by atoms with Crippen LogP contribution in [-0.4, -0.2) is 14.7 Å². The second-order valence-corrected chi connectivity index (χ2v) is 5.71. The molecule has 2 rings (SSSR count). The van der Waals surface area contributed by atoms with Crippen LogP contribution in [0.25, 0.3) is 0 Å². The van der Waals surface area contributed by atoms with Crippen LogP contribution in [0.4, 0.5) is 8.78 Å². The summed E-state index contributed by atoms with van der Waals surface area (Å²) in [5, 5.41) is 0. The summed E-state index contributed by atoms with van der Waals surface area (Å²) in [5.74, 6) is -2.66. The van der Waals surface area contributed by atoms with Crippen molar-refractivity contribution >= 4 is 10.1 Å². The first-order valence-corrected chi connectivity index (χ1v) is 7.09. The van der Waals surface area contributed by atoms with Gasteiger partial charge in [-0.05, 0) is 42.9 Å². The lowest BCUT2D eigenvalue weighted by Gasteiger charge is -2.18. The van der Waals surface area contributed by atoms with Crippen molar-refractivity contribution < 1.29 is 21.4 Å². The van der Waals surface area contributed by atoms with Crippen LogP contribution in [0.5, 0.6) is 5.75 Å². The van der Waals surface area contributed by atoms with Crippen LogP contribution in [0.1, 0.15) is 24.0 Å². The third-order valence-corrected chi connectivity index (χ3v) is 3.20. The van der Waals surface area contributed by atoms with Gasteiger partial charge in [-0.15, -0.1) is 0 Å². The molecular formula is C11H12F2O3S.